The molecule has 1 aliphatic rings. The van der Waals surface area contributed by atoms with E-state index in [1.54, 1.807) is 14.2 Å². The highest BCUT2D eigenvalue weighted by Crippen LogP contribution is 2.39. The van der Waals surface area contributed by atoms with Crippen molar-refractivity contribution in [1.82, 2.24) is 9.55 Å². The Morgan fingerprint density at radius 1 is 0.970 bits per heavy atom. The van der Waals surface area contributed by atoms with Gasteiger partial charge in [0.05, 0.1) is 37.0 Å². The lowest BCUT2D eigenvalue weighted by atomic mass is 9.89. The Bertz CT molecular complexity index is 1370. The third-order valence-electron chi connectivity index (χ3n) is 6.11. The van der Waals surface area contributed by atoms with Gasteiger partial charge in [-0.2, -0.15) is 0 Å². The maximum absolute atomic E-state index is 13.7. The fourth-order valence-electron chi connectivity index (χ4n) is 4.56. The van der Waals surface area contributed by atoms with E-state index in [0.29, 0.717) is 23.4 Å². The van der Waals surface area contributed by atoms with Gasteiger partial charge in [-0.15, -0.1) is 0 Å². The van der Waals surface area contributed by atoms with Crippen LogP contribution in [0.3, 0.4) is 0 Å². The summed E-state index contributed by atoms with van der Waals surface area (Å²) < 4.78 is 13.0. The second-order valence-electron chi connectivity index (χ2n) is 8.09. The predicted octanol–water partition coefficient (Wildman–Crippen LogP) is 5.15. The summed E-state index contributed by atoms with van der Waals surface area (Å²) >= 11 is 0. The first kappa shape index (κ1) is 20.8. The molecule has 33 heavy (non-hydrogen) atoms. The van der Waals surface area contributed by atoms with Crippen LogP contribution in [-0.2, 0) is 11.2 Å². The number of allylic oxidation sites excluding steroid dienone is 1. The average molecular weight is 440 g/mol. The Labute approximate surface area is 192 Å². The monoisotopic (exact) mass is 439 g/mol. The summed E-state index contributed by atoms with van der Waals surface area (Å²) in [6.45, 7) is 2.01. The molecule has 3 aromatic carbocycles. The fraction of sp³-hybridized carbons (Fsp3) is 0.185. The largest absolute Gasteiger partial charge is 0.497 e. The van der Waals surface area contributed by atoms with Crippen molar-refractivity contribution >= 4 is 22.6 Å². The Morgan fingerprint density at radius 3 is 2.45 bits per heavy atom. The van der Waals surface area contributed by atoms with Gasteiger partial charge in [0, 0.05) is 12.0 Å². The minimum atomic E-state index is -0.318. The number of aromatic nitrogens is 2. The van der Waals surface area contributed by atoms with E-state index in [1.807, 2.05) is 73.7 Å². The second kappa shape index (κ2) is 8.47. The van der Waals surface area contributed by atoms with Crippen molar-refractivity contribution in [2.45, 2.75) is 19.4 Å². The van der Waals surface area contributed by atoms with E-state index in [0.717, 1.165) is 33.7 Å². The van der Waals surface area contributed by atoms with E-state index in [9.17, 15) is 4.79 Å². The molecule has 0 radical (unpaired) electrons. The number of benzene rings is 3. The summed E-state index contributed by atoms with van der Waals surface area (Å²) in [7, 11) is 3.24. The Balaban J connectivity index is 1.65. The molecule has 0 aliphatic carbocycles. The maximum Gasteiger partial charge on any atom is 0.254 e. The van der Waals surface area contributed by atoms with E-state index < -0.39 is 0 Å². The number of ether oxygens (including phenoxy) is 2. The number of imidazole rings is 1. The number of para-hydroxylation sites is 4. The van der Waals surface area contributed by atoms with Crippen LogP contribution in [-0.4, -0.2) is 29.7 Å². The highest BCUT2D eigenvalue weighted by molar-refractivity contribution is 6.06. The number of rotatable bonds is 5. The van der Waals surface area contributed by atoms with Gasteiger partial charge in [0.2, 0.25) is 0 Å². The third-order valence-corrected chi connectivity index (χ3v) is 6.11. The van der Waals surface area contributed by atoms with Crippen molar-refractivity contribution in [3.8, 4) is 11.5 Å². The molecule has 0 spiro atoms. The van der Waals surface area contributed by atoms with Gasteiger partial charge in [0.15, 0.2) is 0 Å². The quantitative estimate of drug-likeness (QED) is 0.467. The molecule has 166 valence electrons. The van der Waals surface area contributed by atoms with E-state index in [1.165, 1.54) is 0 Å². The normalized spacial score (nSPS) is 15.3. The summed E-state index contributed by atoms with van der Waals surface area (Å²) in [6.07, 6.45) is 0.607. The number of carbonyl (C=O) groups is 1. The number of anilines is 1. The fourth-order valence-corrected chi connectivity index (χ4v) is 4.56. The van der Waals surface area contributed by atoms with Gasteiger partial charge in [0.1, 0.15) is 17.3 Å². The molecule has 0 bridgehead atoms. The highest BCUT2D eigenvalue weighted by Gasteiger charge is 2.34. The standard InChI is InChI=1S/C27H25N3O3/c1-17-16-24-28-20-8-4-6-10-22(20)30(24)26(18-12-14-19(32-2)15-13-18)25(17)27(31)29-21-9-5-7-11-23(21)33-3/h4-15,26H,16H2,1-3H3,(H,29,31). The summed E-state index contributed by atoms with van der Waals surface area (Å²) in [5.41, 5.74) is 5.26. The molecule has 2 heterocycles. The van der Waals surface area contributed by atoms with E-state index >= 15 is 0 Å². The van der Waals surface area contributed by atoms with Crippen LogP contribution in [0.4, 0.5) is 5.69 Å². The molecule has 6 nitrogen and oxygen atoms in total. The van der Waals surface area contributed by atoms with Crippen LogP contribution in [0.1, 0.15) is 24.4 Å². The predicted molar refractivity (Wildman–Crippen MR) is 129 cm³/mol. The van der Waals surface area contributed by atoms with Crippen LogP contribution >= 0.6 is 0 Å². The second-order valence-corrected chi connectivity index (χ2v) is 8.09. The zero-order valence-corrected chi connectivity index (χ0v) is 18.8. The van der Waals surface area contributed by atoms with Gasteiger partial charge >= 0.3 is 0 Å². The van der Waals surface area contributed by atoms with Crippen molar-refractivity contribution < 1.29 is 14.3 Å². The van der Waals surface area contributed by atoms with Crippen molar-refractivity contribution in [1.29, 1.82) is 0 Å². The first-order valence-corrected chi connectivity index (χ1v) is 10.8. The van der Waals surface area contributed by atoms with Crippen LogP contribution in [0.5, 0.6) is 11.5 Å². The van der Waals surface area contributed by atoms with Crippen LogP contribution in [0, 0.1) is 0 Å². The summed E-state index contributed by atoms with van der Waals surface area (Å²) in [6, 6.07) is 23.0. The number of methoxy groups -OCH3 is 2. The molecule has 1 atom stereocenters. The topological polar surface area (TPSA) is 65.4 Å². The van der Waals surface area contributed by atoms with Gasteiger partial charge in [-0.05, 0) is 48.9 Å². The molecule has 5 rings (SSSR count). The lowest BCUT2D eigenvalue weighted by Gasteiger charge is -2.30. The Hall–Kier alpha value is -4.06. The van der Waals surface area contributed by atoms with Gasteiger partial charge in [-0.3, -0.25) is 4.79 Å². The van der Waals surface area contributed by atoms with E-state index in [-0.39, 0.29) is 11.9 Å². The number of nitrogens with zero attached hydrogens (tertiary/aromatic N) is 2. The number of hydrogen-bond donors (Lipinski definition) is 1. The lowest BCUT2D eigenvalue weighted by Crippen LogP contribution is -2.30. The highest BCUT2D eigenvalue weighted by atomic mass is 16.5. The van der Waals surface area contributed by atoms with Gasteiger partial charge in [0.25, 0.3) is 5.91 Å². The molecular formula is C27H25N3O3. The smallest absolute Gasteiger partial charge is 0.254 e. The minimum Gasteiger partial charge on any atom is -0.497 e. The van der Waals surface area contributed by atoms with Crippen LogP contribution in [0.2, 0.25) is 0 Å². The summed E-state index contributed by atoms with van der Waals surface area (Å²) in [4.78, 5) is 18.6. The molecule has 1 aliphatic heterocycles. The Kier molecular flexibility index (Phi) is 5.34. The van der Waals surface area contributed by atoms with Crippen LogP contribution < -0.4 is 14.8 Å². The third kappa shape index (κ3) is 3.63. The molecule has 6 heteroatoms. The molecule has 1 N–H and O–H groups in total. The summed E-state index contributed by atoms with van der Waals surface area (Å²) in [5, 5.41) is 3.07. The minimum absolute atomic E-state index is 0.152. The molecule has 1 amide bonds. The number of carbonyl (C=O) groups excluding carboxylic acids is 1. The van der Waals surface area contributed by atoms with Crippen molar-refractivity contribution in [3.05, 3.63) is 95.3 Å². The zero-order valence-electron chi connectivity index (χ0n) is 18.8. The first-order valence-electron chi connectivity index (χ1n) is 10.8. The van der Waals surface area contributed by atoms with E-state index in [2.05, 4.69) is 16.0 Å². The number of nitrogens with one attached hydrogen (secondary N) is 1. The number of amides is 1. The van der Waals surface area contributed by atoms with Crippen LogP contribution in [0.25, 0.3) is 11.0 Å². The lowest BCUT2D eigenvalue weighted by molar-refractivity contribution is -0.113. The van der Waals surface area contributed by atoms with Gasteiger partial charge in [-0.25, -0.2) is 4.98 Å². The SMILES string of the molecule is COc1ccc(C2C(C(=O)Nc3ccccc3OC)=C(C)Cc3nc4ccccc4n32)cc1. The molecule has 0 saturated heterocycles. The first-order chi connectivity index (χ1) is 16.1. The van der Waals surface area contributed by atoms with Crippen molar-refractivity contribution in [3.63, 3.8) is 0 Å². The average Bonchev–Trinajstić information content (AvgIpc) is 3.21. The van der Waals surface area contributed by atoms with E-state index in [4.69, 9.17) is 14.5 Å². The molecule has 4 aromatic rings. The van der Waals surface area contributed by atoms with Crippen LogP contribution in [0.15, 0.2) is 83.9 Å². The number of hydrogen-bond acceptors (Lipinski definition) is 4. The van der Waals surface area contributed by atoms with Gasteiger partial charge < -0.3 is 19.4 Å². The Morgan fingerprint density at radius 2 is 1.70 bits per heavy atom. The molecule has 0 fully saturated rings. The number of fused-ring (bicyclic) bond motifs is 3. The summed E-state index contributed by atoms with van der Waals surface area (Å²) in [5.74, 6) is 2.19. The maximum atomic E-state index is 13.7. The van der Waals surface area contributed by atoms with Crippen molar-refractivity contribution in [2.24, 2.45) is 0 Å². The zero-order chi connectivity index (χ0) is 22.9. The van der Waals surface area contributed by atoms with Gasteiger partial charge in [-0.1, -0.05) is 42.0 Å². The molecule has 1 aromatic heterocycles. The van der Waals surface area contributed by atoms with Crippen molar-refractivity contribution in [2.75, 3.05) is 19.5 Å². The molecule has 0 saturated carbocycles. The molecule has 1 unspecified atom stereocenters. The molecular weight excluding hydrogens is 414 g/mol.